The molecule has 9 heteroatoms. The third kappa shape index (κ3) is 4.37. The number of ether oxygens (including phenoxy) is 2. The molecule has 0 unspecified atom stereocenters. The second-order valence-electron chi connectivity index (χ2n) is 5.56. The zero-order valence-corrected chi connectivity index (χ0v) is 16.0. The van der Waals surface area contributed by atoms with Crippen molar-refractivity contribution in [3.05, 3.63) is 48.0 Å². The van der Waals surface area contributed by atoms with Gasteiger partial charge < -0.3 is 14.8 Å². The fourth-order valence-electron chi connectivity index (χ4n) is 2.44. The third-order valence-corrected chi connectivity index (χ3v) is 4.71. The molecule has 0 bridgehead atoms. The maximum Gasteiger partial charge on any atom is 0.234 e. The fraction of sp³-hybridized carbons (Fsp3) is 0.222. The van der Waals surface area contributed by atoms with Crippen molar-refractivity contribution in [2.24, 2.45) is 0 Å². The number of para-hydroxylation sites is 2. The molecule has 1 aromatic heterocycles. The molecule has 0 saturated heterocycles. The van der Waals surface area contributed by atoms with Crippen LogP contribution in [0, 0.1) is 6.92 Å². The molecule has 2 aromatic carbocycles. The Morgan fingerprint density at radius 1 is 1.19 bits per heavy atom. The van der Waals surface area contributed by atoms with Crippen LogP contribution in [0.2, 0.25) is 0 Å². The molecular formula is C18H19N5O3S. The molecule has 0 saturated carbocycles. The van der Waals surface area contributed by atoms with Gasteiger partial charge in [0.2, 0.25) is 11.1 Å². The molecule has 0 aliphatic rings. The molecule has 0 aliphatic carbocycles. The molecule has 0 atom stereocenters. The Morgan fingerprint density at radius 3 is 2.74 bits per heavy atom. The predicted molar refractivity (Wildman–Crippen MR) is 103 cm³/mol. The van der Waals surface area contributed by atoms with Crippen LogP contribution in [0.3, 0.4) is 0 Å². The van der Waals surface area contributed by atoms with Crippen LogP contribution in [0.1, 0.15) is 5.56 Å². The van der Waals surface area contributed by atoms with Crippen molar-refractivity contribution in [1.29, 1.82) is 0 Å². The van der Waals surface area contributed by atoms with E-state index >= 15 is 0 Å². The first-order valence-corrected chi connectivity index (χ1v) is 9.10. The van der Waals surface area contributed by atoms with Gasteiger partial charge in [-0.2, -0.15) is 4.68 Å². The molecule has 27 heavy (non-hydrogen) atoms. The van der Waals surface area contributed by atoms with Crippen LogP contribution in [0.25, 0.3) is 5.69 Å². The van der Waals surface area contributed by atoms with Crippen LogP contribution in [-0.2, 0) is 4.79 Å². The van der Waals surface area contributed by atoms with E-state index in [1.165, 1.54) is 11.8 Å². The highest BCUT2D eigenvalue weighted by Gasteiger charge is 2.15. The first kappa shape index (κ1) is 18.7. The van der Waals surface area contributed by atoms with Gasteiger partial charge in [0, 0.05) is 5.69 Å². The maximum atomic E-state index is 12.3. The van der Waals surface area contributed by atoms with E-state index < -0.39 is 0 Å². The average molecular weight is 385 g/mol. The monoisotopic (exact) mass is 385 g/mol. The van der Waals surface area contributed by atoms with Crippen molar-refractivity contribution < 1.29 is 14.3 Å². The largest absolute Gasteiger partial charge is 0.497 e. The van der Waals surface area contributed by atoms with Gasteiger partial charge in [0.15, 0.2) is 0 Å². The van der Waals surface area contributed by atoms with E-state index in [-0.39, 0.29) is 11.7 Å². The van der Waals surface area contributed by atoms with Crippen molar-refractivity contribution in [2.75, 3.05) is 25.3 Å². The van der Waals surface area contributed by atoms with Crippen LogP contribution >= 0.6 is 11.8 Å². The quantitative estimate of drug-likeness (QED) is 0.625. The maximum absolute atomic E-state index is 12.3. The molecule has 0 aliphatic heterocycles. The lowest BCUT2D eigenvalue weighted by Gasteiger charge is -2.10. The van der Waals surface area contributed by atoms with E-state index in [9.17, 15) is 4.79 Å². The SMILES string of the molecule is COc1ccc(NC(=O)CSc2nnnn2-c2ccccc2OC)c(C)c1. The molecule has 140 valence electrons. The number of carbonyl (C=O) groups excluding carboxylic acids is 1. The molecule has 0 fully saturated rings. The Labute approximate surface area is 160 Å². The van der Waals surface area contributed by atoms with Crippen molar-refractivity contribution in [1.82, 2.24) is 20.2 Å². The zero-order valence-electron chi connectivity index (χ0n) is 15.2. The number of rotatable bonds is 7. The molecule has 0 radical (unpaired) electrons. The minimum absolute atomic E-state index is 0.150. The van der Waals surface area contributed by atoms with Crippen LogP contribution in [-0.4, -0.2) is 46.1 Å². The van der Waals surface area contributed by atoms with E-state index in [0.29, 0.717) is 16.6 Å². The van der Waals surface area contributed by atoms with Gasteiger partial charge in [-0.1, -0.05) is 23.9 Å². The minimum atomic E-state index is -0.150. The van der Waals surface area contributed by atoms with E-state index in [0.717, 1.165) is 17.0 Å². The second-order valence-corrected chi connectivity index (χ2v) is 6.51. The number of aryl methyl sites for hydroxylation is 1. The highest BCUT2D eigenvalue weighted by molar-refractivity contribution is 7.99. The summed E-state index contributed by atoms with van der Waals surface area (Å²) < 4.78 is 12.1. The number of thioether (sulfide) groups is 1. The number of benzene rings is 2. The van der Waals surface area contributed by atoms with Crippen LogP contribution in [0.4, 0.5) is 5.69 Å². The number of tetrazole rings is 1. The van der Waals surface area contributed by atoms with Crippen molar-refractivity contribution in [2.45, 2.75) is 12.1 Å². The summed E-state index contributed by atoms with van der Waals surface area (Å²) in [5.74, 6) is 1.41. The number of amides is 1. The molecule has 1 heterocycles. The van der Waals surface area contributed by atoms with Crippen LogP contribution < -0.4 is 14.8 Å². The standard InChI is InChI=1S/C18H19N5O3S/c1-12-10-13(25-2)8-9-14(12)19-17(24)11-27-18-20-21-22-23(18)15-6-4-5-7-16(15)26-3/h4-10H,11H2,1-3H3,(H,19,24). The Balaban J connectivity index is 1.68. The van der Waals surface area contributed by atoms with E-state index in [2.05, 4.69) is 20.8 Å². The lowest BCUT2D eigenvalue weighted by molar-refractivity contribution is -0.113. The fourth-order valence-corrected chi connectivity index (χ4v) is 3.13. The van der Waals surface area contributed by atoms with Crippen LogP contribution in [0.15, 0.2) is 47.6 Å². The first-order chi connectivity index (χ1) is 13.1. The van der Waals surface area contributed by atoms with Gasteiger partial charge in [-0.25, -0.2) is 0 Å². The number of methoxy groups -OCH3 is 2. The smallest absolute Gasteiger partial charge is 0.234 e. The Kier molecular flexibility index (Phi) is 5.92. The van der Waals surface area contributed by atoms with Crippen molar-refractivity contribution in [3.8, 4) is 17.2 Å². The Morgan fingerprint density at radius 2 is 2.00 bits per heavy atom. The number of anilines is 1. The van der Waals surface area contributed by atoms with Gasteiger partial charge in [-0.15, -0.1) is 5.10 Å². The lowest BCUT2D eigenvalue weighted by atomic mass is 10.2. The summed E-state index contributed by atoms with van der Waals surface area (Å²) in [7, 11) is 3.19. The molecule has 0 spiro atoms. The van der Waals surface area contributed by atoms with Gasteiger partial charge in [-0.3, -0.25) is 4.79 Å². The second kappa shape index (κ2) is 8.54. The summed E-state index contributed by atoms with van der Waals surface area (Å²) in [5.41, 5.74) is 2.37. The van der Waals surface area contributed by atoms with E-state index in [4.69, 9.17) is 9.47 Å². The zero-order chi connectivity index (χ0) is 19.2. The molecule has 3 aromatic rings. The number of nitrogens with one attached hydrogen (secondary N) is 1. The first-order valence-electron chi connectivity index (χ1n) is 8.11. The number of hydrogen-bond acceptors (Lipinski definition) is 7. The number of nitrogens with zero attached hydrogens (tertiary/aromatic N) is 4. The summed E-state index contributed by atoms with van der Waals surface area (Å²) in [6.07, 6.45) is 0. The Bertz CT molecular complexity index is 944. The highest BCUT2D eigenvalue weighted by Crippen LogP contribution is 2.26. The van der Waals surface area contributed by atoms with E-state index in [1.807, 2.05) is 43.3 Å². The minimum Gasteiger partial charge on any atom is -0.497 e. The van der Waals surface area contributed by atoms with Crippen molar-refractivity contribution in [3.63, 3.8) is 0 Å². The summed E-state index contributed by atoms with van der Waals surface area (Å²) in [6, 6.07) is 12.9. The molecule has 1 amide bonds. The third-order valence-electron chi connectivity index (χ3n) is 3.79. The van der Waals surface area contributed by atoms with Gasteiger partial charge in [0.25, 0.3) is 0 Å². The molecule has 3 rings (SSSR count). The van der Waals surface area contributed by atoms with Gasteiger partial charge in [0.05, 0.1) is 20.0 Å². The predicted octanol–water partition coefficient (Wildman–Crippen LogP) is 2.72. The molecular weight excluding hydrogens is 366 g/mol. The van der Waals surface area contributed by atoms with Gasteiger partial charge >= 0.3 is 0 Å². The van der Waals surface area contributed by atoms with Crippen LogP contribution in [0.5, 0.6) is 11.5 Å². The van der Waals surface area contributed by atoms with Gasteiger partial charge in [0.1, 0.15) is 17.2 Å². The topological polar surface area (TPSA) is 91.2 Å². The summed E-state index contributed by atoms with van der Waals surface area (Å²) >= 11 is 1.24. The normalized spacial score (nSPS) is 10.5. The lowest BCUT2D eigenvalue weighted by Crippen LogP contribution is -2.15. The molecule has 8 nitrogen and oxygen atoms in total. The summed E-state index contributed by atoms with van der Waals surface area (Å²) in [5, 5.41) is 15.1. The number of aromatic nitrogens is 4. The summed E-state index contributed by atoms with van der Waals surface area (Å²) in [6.45, 7) is 1.91. The Hall–Kier alpha value is -3.07. The summed E-state index contributed by atoms with van der Waals surface area (Å²) in [4.78, 5) is 12.3. The molecule has 1 N–H and O–H groups in total. The average Bonchev–Trinajstić information content (AvgIpc) is 3.16. The van der Waals surface area contributed by atoms with E-state index in [1.54, 1.807) is 25.0 Å². The number of carbonyl (C=O) groups is 1. The highest BCUT2D eigenvalue weighted by atomic mass is 32.2. The van der Waals surface area contributed by atoms with Crippen molar-refractivity contribution >= 4 is 23.4 Å². The van der Waals surface area contributed by atoms with Gasteiger partial charge in [-0.05, 0) is 53.2 Å². The number of hydrogen-bond donors (Lipinski definition) is 1.